The lowest BCUT2D eigenvalue weighted by Gasteiger charge is -2.33. The monoisotopic (exact) mass is 251 g/mol. The van der Waals surface area contributed by atoms with Crippen molar-refractivity contribution in [3.8, 4) is 0 Å². The fourth-order valence-corrected chi connectivity index (χ4v) is 3.38. The second-order valence-electron chi connectivity index (χ2n) is 5.70. The van der Waals surface area contributed by atoms with Gasteiger partial charge in [-0.2, -0.15) is 0 Å². The van der Waals surface area contributed by atoms with E-state index in [-0.39, 0.29) is 5.97 Å². The summed E-state index contributed by atoms with van der Waals surface area (Å²) in [5.74, 6) is -0.218. The van der Waals surface area contributed by atoms with Crippen LogP contribution in [0.2, 0.25) is 0 Å². The smallest absolute Gasteiger partial charge is 0.330 e. The Bertz CT molecular complexity index is 306. The van der Waals surface area contributed by atoms with Gasteiger partial charge in [0.1, 0.15) is 0 Å². The number of carbonyl (C=O) groups excluding carboxylic acids is 1. The first-order valence-corrected chi connectivity index (χ1v) is 7.30. The second-order valence-corrected chi connectivity index (χ2v) is 5.70. The maximum Gasteiger partial charge on any atom is 0.330 e. The molecule has 0 N–H and O–H groups in total. The van der Waals surface area contributed by atoms with Crippen molar-refractivity contribution in [2.24, 2.45) is 5.41 Å². The normalized spacial score (nSPS) is 23.8. The van der Waals surface area contributed by atoms with E-state index in [4.69, 9.17) is 4.74 Å². The number of nitrogens with zero attached hydrogens (tertiary/aromatic N) is 1. The molecule has 1 spiro atoms. The van der Waals surface area contributed by atoms with Crippen molar-refractivity contribution < 1.29 is 9.53 Å². The molecule has 3 heteroatoms. The van der Waals surface area contributed by atoms with Crippen molar-refractivity contribution in [3.05, 3.63) is 12.2 Å². The number of hydrogen-bond acceptors (Lipinski definition) is 3. The molecule has 0 atom stereocenters. The summed E-state index contributed by atoms with van der Waals surface area (Å²) in [5, 5.41) is 0. The molecule has 2 aliphatic rings. The number of likely N-dealkylation sites (tertiary alicyclic amines) is 1. The van der Waals surface area contributed by atoms with Gasteiger partial charge in [-0.1, -0.05) is 25.3 Å². The van der Waals surface area contributed by atoms with E-state index in [0.717, 1.165) is 6.54 Å². The van der Waals surface area contributed by atoms with Crippen molar-refractivity contribution in [1.82, 2.24) is 4.90 Å². The van der Waals surface area contributed by atoms with Crippen LogP contribution in [0.5, 0.6) is 0 Å². The zero-order valence-corrected chi connectivity index (χ0v) is 11.5. The summed E-state index contributed by atoms with van der Waals surface area (Å²) in [6.45, 7) is 5.59. The summed E-state index contributed by atoms with van der Waals surface area (Å²) in [6.07, 6.45) is 11.9. The number of hydrogen-bond donors (Lipinski definition) is 0. The molecule has 2 fully saturated rings. The zero-order valence-electron chi connectivity index (χ0n) is 11.5. The van der Waals surface area contributed by atoms with Crippen LogP contribution in [-0.2, 0) is 9.53 Å². The molecule has 0 aromatic carbocycles. The molecular formula is C15H25NO2. The molecule has 1 saturated heterocycles. The summed E-state index contributed by atoms with van der Waals surface area (Å²) in [7, 11) is 0. The molecule has 1 heterocycles. The molecule has 0 aromatic heterocycles. The number of esters is 1. The average molecular weight is 251 g/mol. The van der Waals surface area contributed by atoms with Crippen LogP contribution in [0, 0.1) is 5.41 Å². The van der Waals surface area contributed by atoms with Gasteiger partial charge >= 0.3 is 5.97 Å². The lowest BCUT2D eigenvalue weighted by atomic mass is 9.73. The highest BCUT2D eigenvalue weighted by molar-refractivity contribution is 5.81. The van der Waals surface area contributed by atoms with Crippen molar-refractivity contribution in [2.45, 2.75) is 45.4 Å². The Morgan fingerprint density at radius 3 is 2.78 bits per heavy atom. The largest absolute Gasteiger partial charge is 0.463 e. The molecule has 0 aromatic rings. The van der Waals surface area contributed by atoms with Gasteiger partial charge in [0.25, 0.3) is 0 Å². The van der Waals surface area contributed by atoms with Gasteiger partial charge in [0.2, 0.25) is 0 Å². The highest BCUT2D eigenvalue weighted by Gasteiger charge is 2.38. The Hall–Kier alpha value is -0.830. The molecule has 0 radical (unpaired) electrons. The van der Waals surface area contributed by atoms with E-state index in [1.165, 1.54) is 51.6 Å². The van der Waals surface area contributed by atoms with Gasteiger partial charge in [0.15, 0.2) is 0 Å². The summed E-state index contributed by atoms with van der Waals surface area (Å²) >= 11 is 0. The predicted octanol–water partition coefficient (Wildman–Crippen LogP) is 2.76. The highest BCUT2D eigenvalue weighted by Crippen LogP contribution is 2.43. The van der Waals surface area contributed by atoms with Crippen LogP contribution in [0.4, 0.5) is 0 Å². The van der Waals surface area contributed by atoms with Gasteiger partial charge < -0.3 is 4.74 Å². The van der Waals surface area contributed by atoms with Gasteiger partial charge in [-0.25, -0.2) is 4.79 Å². The molecule has 0 unspecified atom stereocenters. The standard InChI is InChI=1S/C15H25NO2/c1-2-18-14(17)7-6-11-16-12-10-15(13-16)8-4-3-5-9-15/h6-7H,2-5,8-13H2,1H3/b7-6+. The third kappa shape index (κ3) is 3.58. The van der Waals surface area contributed by atoms with Crippen LogP contribution >= 0.6 is 0 Å². The third-order valence-corrected chi connectivity index (χ3v) is 4.34. The van der Waals surface area contributed by atoms with Crippen LogP contribution < -0.4 is 0 Å². The van der Waals surface area contributed by atoms with E-state index < -0.39 is 0 Å². The summed E-state index contributed by atoms with van der Waals surface area (Å²) < 4.78 is 4.87. The van der Waals surface area contributed by atoms with Gasteiger partial charge in [-0.05, 0) is 38.1 Å². The first kappa shape index (κ1) is 13.6. The highest BCUT2D eigenvalue weighted by atomic mass is 16.5. The zero-order chi connectivity index (χ0) is 12.8. The Morgan fingerprint density at radius 1 is 1.28 bits per heavy atom. The lowest BCUT2D eigenvalue weighted by Crippen LogP contribution is -2.29. The Morgan fingerprint density at radius 2 is 2.06 bits per heavy atom. The summed E-state index contributed by atoms with van der Waals surface area (Å²) in [5.41, 5.74) is 0.607. The van der Waals surface area contributed by atoms with Gasteiger partial charge in [-0.15, -0.1) is 0 Å². The number of ether oxygens (including phenoxy) is 1. The van der Waals surface area contributed by atoms with Crippen molar-refractivity contribution in [1.29, 1.82) is 0 Å². The maximum atomic E-state index is 11.2. The average Bonchev–Trinajstić information content (AvgIpc) is 2.74. The van der Waals surface area contributed by atoms with Crippen LogP contribution in [0.1, 0.15) is 45.4 Å². The molecule has 102 valence electrons. The molecule has 2 rings (SSSR count). The van der Waals surface area contributed by atoms with Crippen molar-refractivity contribution in [2.75, 3.05) is 26.2 Å². The van der Waals surface area contributed by atoms with E-state index in [2.05, 4.69) is 4.90 Å². The molecule has 1 saturated carbocycles. The quantitative estimate of drug-likeness (QED) is 0.568. The lowest BCUT2D eigenvalue weighted by molar-refractivity contribution is -0.137. The topological polar surface area (TPSA) is 29.5 Å². The molecular weight excluding hydrogens is 226 g/mol. The van der Waals surface area contributed by atoms with E-state index in [0.29, 0.717) is 12.0 Å². The van der Waals surface area contributed by atoms with E-state index >= 15 is 0 Å². The van der Waals surface area contributed by atoms with Crippen LogP contribution in [0.3, 0.4) is 0 Å². The van der Waals surface area contributed by atoms with E-state index in [9.17, 15) is 4.79 Å². The van der Waals surface area contributed by atoms with Gasteiger partial charge in [0, 0.05) is 19.2 Å². The molecule has 1 aliphatic carbocycles. The minimum absolute atomic E-state index is 0.218. The van der Waals surface area contributed by atoms with Crippen molar-refractivity contribution >= 4 is 5.97 Å². The SMILES string of the molecule is CCOC(=O)/C=C/CN1CCC2(CCCCC2)C1. The second kappa shape index (κ2) is 6.37. The Kier molecular flexibility index (Phi) is 4.81. The fourth-order valence-electron chi connectivity index (χ4n) is 3.38. The Balaban J connectivity index is 1.74. The maximum absolute atomic E-state index is 11.2. The van der Waals surface area contributed by atoms with Crippen molar-refractivity contribution in [3.63, 3.8) is 0 Å². The number of carbonyl (C=O) groups is 1. The van der Waals surface area contributed by atoms with Crippen LogP contribution in [0.15, 0.2) is 12.2 Å². The van der Waals surface area contributed by atoms with Crippen LogP contribution in [-0.4, -0.2) is 37.1 Å². The fraction of sp³-hybridized carbons (Fsp3) is 0.800. The van der Waals surface area contributed by atoms with E-state index in [1.807, 2.05) is 13.0 Å². The van der Waals surface area contributed by atoms with E-state index in [1.54, 1.807) is 6.08 Å². The molecule has 18 heavy (non-hydrogen) atoms. The summed E-state index contributed by atoms with van der Waals surface area (Å²) in [4.78, 5) is 13.7. The third-order valence-electron chi connectivity index (χ3n) is 4.34. The van der Waals surface area contributed by atoms with Crippen LogP contribution in [0.25, 0.3) is 0 Å². The molecule has 0 bridgehead atoms. The first-order valence-electron chi connectivity index (χ1n) is 7.30. The minimum atomic E-state index is -0.218. The molecule has 3 nitrogen and oxygen atoms in total. The summed E-state index contributed by atoms with van der Waals surface area (Å²) in [6, 6.07) is 0. The van der Waals surface area contributed by atoms with Gasteiger partial charge in [-0.3, -0.25) is 4.90 Å². The van der Waals surface area contributed by atoms with Gasteiger partial charge in [0.05, 0.1) is 6.61 Å². The first-order chi connectivity index (χ1) is 8.74. The minimum Gasteiger partial charge on any atom is -0.463 e. The molecule has 1 aliphatic heterocycles. The Labute approximate surface area is 110 Å². The molecule has 0 amide bonds. The number of rotatable bonds is 4. The predicted molar refractivity (Wildman–Crippen MR) is 72.3 cm³/mol.